The van der Waals surface area contributed by atoms with E-state index >= 15 is 0 Å². The Morgan fingerprint density at radius 3 is 1.73 bits per heavy atom. The molecule has 0 saturated heterocycles. The van der Waals surface area contributed by atoms with Crippen LogP contribution in [0.5, 0.6) is 0 Å². The molecule has 0 bridgehead atoms. The minimum Gasteiger partial charge on any atom is -0.398 e. The molecule has 0 amide bonds. The smallest absolute Gasteiger partial charge is 0.0494 e. The van der Waals surface area contributed by atoms with Gasteiger partial charge in [-0.3, -0.25) is 0 Å². The highest BCUT2D eigenvalue weighted by molar-refractivity contribution is 5.96. The summed E-state index contributed by atoms with van der Waals surface area (Å²) in [5, 5.41) is 0. The molecule has 22 heavy (non-hydrogen) atoms. The van der Waals surface area contributed by atoms with Gasteiger partial charge in [-0.1, -0.05) is 54.6 Å². The number of aryl methyl sites for hydroxylation is 2. The van der Waals surface area contributed by atoms with Crippen LogP contribution in [0, 0.1) is 13.8 Å². The van der Waals surface area contributed by atoms with Crippen molar-refractivity contribution < 1.29 is 0 Å². The van der Waals surface area contributed by atoms with Crippen molar-refractivity contribution in [2.45, 2.75) is 13.8 Å². The average Bonchev–Trinajstić information content (AvgIpc) is 2.50. The lowest BCUT2D eigenvalue weighted by molar-refractivity contribution is 1.44. The largest absolute Gasteiger partial charge is 0.398 e. The summed E-state index contributed by atoms with van der Waals surface area (Å²) >= 11 is 0. The predicted molar refractivity (Wildman–Crippen MR) is 95.6 cm³/mol. The second-order valence-corrected chi connectivity index (χ2v) is 5.62. The molecule has 0 aliphatic carbocycles. The van der Waals surface area contributed by atoms with Gasteiger partial charge in [0, 0.05) is 22.5 Å². The van der Waals surface area contributed by atoms with Crippen molar-refractivity contribution in [3.8, 4) is 22.3 Å². The Labute approximate surface area is 131 Å². The Balaban J connectivity index is 2.28. The van der Waals surface area contributed by atoms with Crippen LogP contribution in [0.3, 0.4) is 0 Å². The lowest BCUT2D eigenvalue weighted by atomic mass is 9.91. The van der Waals surface area contributed by atoms with Crippen molar-refractivity contribution in [1.82, 2.24) is 0 Å². The molecule has 0 aliphatic rings. The van der Waals surface area contributed by atoms with Gasteiger partial charge in [0.15, 0.2) is 0 Å². The molecule has 2 nitrogen and oxygen atoms in total. The van der Waals surface area contributed by atoms with Gasteiger partial charge in [0.25, 0.3) is 0 Å². The van der Waals surface area contributed by atoms with E-state index in [4.69, 9.17) is 11.5 Å². The summed E-state index contributed by atoms with van der Waals surface area (Å²) in [6.07, 6.45) is 0. The summed E-state index contributed by atoms with van der Waals surface area (Å²) in [5.74, 6) is 0. The second-order valence-electron chi connectivity index (χ2n) is 5.62. The van der Waals surface area contributed by atoms with Crippen LogP contribution in [-0.4, -0.2) is 0 Å². The van der Waals surface area contributed by atoms with Crippen LogP contribution in [0.1, 0.15) is 11.1 Å². The highest BCUT2D eigenvalue weighted by Gasteiger charge is 2.14. The Kier molecular flexibility index (Phi) is 3.60. The Morgan fingerprint density at radius 1 is 0.591 bits per heavy atom. The second kappa shape index (κ2) is 5.57. The molecule has 2 heteroatoms. The van der Waals surface area contributed by atoms with E-state index in [0.717, 1.165) is 27.9 Å². The molecular weight excluding hydrogens is 268 g/mol. The molecule has 3 rings (SSSR count). The van der Waals surface area contributed by atoms with E-state index in [1.54, 1.807) is 0 Å². The van der Waals surface area contributed by atoms with Gasteiger partial charge in [-0.2, -0.15) is 0 Å². The molecule has 3 aromatic carbocycles. The zero-order valence-electron chi connectivity index (χ0n) is 12.9. The SMILES string of the molecule is Cc1ccccc1-c1ccc(N)c(-c2ccccc2C)c1N. The molecule has 0 aromatic heterocycles. The third-order valence-electron chi connectivity index (χ3n) is 4.13. The molecule has 0 radical (unpaired) electrons. The van der Waals surface area contributed by atoms with E-state index < -0.39 is 0 Å². The third kappa shape index (κ3) is 2.33. The molecule has 4 N–H and O–H groups in total. The first-order chi connectivity index (χ1) is 10.6. The van der Waals surface area contributed by atoms with Crippen LogP contribution in [0.4, 0.5) is 11.4 Å². The van der Waals surface area contributed by atoms with Crippen molar-refractivity contribution in [1.29, 1.82) is 0 Å². The van der Waals surface area contributed by atoms with Gasteiger partial charge in [0.05, 0.1) is 0 Å². The van der Waals surface area contributed by atoms with E-state index in [0.29, 0.717) is 5.69 Å². The Hall–Kier alpha value is -2.74. The van der Waals surface area contributed by atoms with Crippen molar-refractivity contribution in [2.75, 3.05) is 11.5 Å². The number of hydrogen-bond acceptors (Lipinski definition) is 2. The fourth-order valence-electron chi connectivity index (χ4n) is 2.90. The first kappa shape index (κ1) is 14.2. The zero-order chi connectivity index (χ0) is 15.7. The van der Waals surface area contributed by atoms with Gasteiger partial charge in [0.2, 0.25) is 0 Å². The lowest BCUT2D eigenvalue weighted by Crippen LogP contribution is -2.00. The first-order valence-electron chi connectivity index (χ1n) is 7.39. The van der Waals surface area contributed by atoms with Crippen molar-refractivity contribution in [3.05, 3.63) is 71.8 Å². The summed E-state index contributed by atoms with van der Waals surface area (Å²) in [5.41, 5.74) is 20.8. The number of rotatable bonds is 2. The van der Waals surface area contributed by atoms with Crippen LogP contribution >= 0.6 is 0 Å². The lowest BCUT2D eigenvalue weighted by Gasteiger charge is -2.17. The molecule has 0 fully saturated rings. The number of nitrogen functional groups attached to an aromatic ring is 2. The van der Waals surface area contributed by atoms with Crippen LogP contribution in [0.2, 0.25) is 0 Å². The first-order valence-corrected chi connectivity index (χ1v) is 7.39. The van der Waals surface area contributed by atoms with Crippen LogP contribution in [0.25, 0.3) is 22.3 Å². The fraction of sp³-hybridized carbons (Fsp3) is 0.100. The predicted octanol–water partition coefficient (Wildman–Crippen LogP) is 4.80. The quantitative estimate of drug-likeness (QED) is 0.665. The average molecular weight is 288 g/mol. The summed E-state index contributed by atoms with van der Waals surface area (Å²) in [7, 11) is 0. The zero-order valence-corrected chi connectivity index (χ0v) is 12.9. The number of nitrogens with two attached hydrogens (primary N) is 2. The maximum Gasteiger partial charge on any atom is 0.0494 e. The molecular formula is C20H20N2. The molecule has 3 aromatic rings. The van der Waals surface area contributed by atoms with Crippen molar-refractivity contribution >= 4 is 11.4 Å². The maximum absolute atomic E-state index is 6.51. The van der Waals surface area contributed by atoms with Gasteiger partial charge in [-0.15, -0.1) is 0 Å². The fourth-order valence-corrected chi connectivity index (χ4v) is 2.90. The molecule has 0 spiro atoms. The van der Waals surface area contributed by atoms with Crippen LogP contribution < -0.4 is 11.5 Å². The normalized spacial score (nSPS) is 10.6. The molecule has 110 valence electrons. The van der Waals surface area contributed by atoms with E-state index in [1.165, 1.54) is 11.1 Å². The van der Waals surface area contributed by atoms with Crippen LogP contribution in [0.15, 0.2) is 60.7 Å². The number of anilines is 2. The topological polar surface area (TPSA) is 52.0 Å². The summed E-state index contributed by atoms with van der Waals surface area (Å²) < 4.78 is 0. The van der Waals surface area contributed by atoms with Gasteiger partial charge in [-0.25, -0.2) is 0 Å². The molecule has 0 saturated carbocycles. The molecule has 0 heterocycles. The Bertz CT molecular complexity index is 835. The molecule has 0 atom stereocenters. The van der Waals surface area contributed by atoms with Gasteiger partial charge < -0.3 is 11.5 Å². The van der Waals surface area contributed by atoms with E-state index in [-0.39, 0.29) is 0 Å². The third-order valence-corrected chi connectivity index (χ3v) is 4.13. The van der Waals surface area contributed by atoms with E-state index in [2.05, 4.69) is 38.1 Å². The van der Waals surface area contributed by atoms with Crippen molar-refractivity contribution in [2.24, 2.45) is 0 Å². The summed E-state index contributed by atoms with van der Waals surface area (Å²) in [6, 6.07) is 20.4. The minimum absolute atomic E-state index is 0.712. The minimum atomic E-state index is 0.712. The number of hydrogen-bond donors (Lipinski definition) is 2. The summed E-state index contributed by atoms with van der Waals surface area (Å²) in [6.45, 7) is 4.17. The van der Waals surface area contributed by atoms with E-state index in [1.807, 2.05) is 36.4 Å². The van der Waals surface area contributed by atoms with Crippen molar-refractivity contribution in [3.63, 3.8) is 0 Å². The number of benzene rings is 3. The summed E-state index contributed by atoms with van der Waals surface area (Å²) in [4.78, 5) is 0. The standard InChI is InChI=1S/C20H20N2/c1-13-7-3-5-9-15(13)17-11-12-18(21)19(20(17)22)16-10-6-4-8-14(16)2/h3-12H,21-22H2,1-2H3. The van der Waals surface area contributed by atoms with E-state index in [9.17, 15) is 0 Å². The highest BCUT2D eigenvalue weighted by atomic mass is 14.6. The maximum atomic E-state index is 6.51. The monoisotopic (exact) mass is 288 g/mol. The Morgan fingerprint density at radius 2 is 1.14 bits per heavy atom. The molecule has 0 aliphatic heterocycles. The van der Waals surface area contributed by atoms with Gasteiger partial charge >= 0.3 is 0 Å². The van der Waals surface area contributed by atoms with Gasteiger partial charge in [-0.05, 0) is 42.2 Å². The van der Waals surface area contributed by atoms with Crippen LogP contribution in [-0.2, 0) is 0 Å². The van der Waals surface area contributed by atoms with Gasteiger partial charge in [0.1, 0.15) is 0 Å². The highest BCUT2D eigenvalue weighted by Crippen LogP contribution is 2.40. The molecule has 0 unspecified atom stereocenters.